The molecule has 0 radical (unpaired) electrons. The van der Waals surface area contributed by atoms with Gasteiger partial charge in [0.05, 0.1) is 17.8 Å². The van der Waals surface area contributed by atoms with E-state index in [2.05, 4.69) is 20.8 Å². The Balaban J connectivity index is 3.63. The summed E-state index contributed by atoms with van der Waals surface area (Å²) in [5.74, 6) is 0. The molecule has 0 fully saturated rings. The van der Waals surface area contributed by atoms with Crippen molar-refractivity contribution in [1.29, 1.82) is 0 Å². The molecule has 0 aromatic carbocycles. The first-order valence-corrected chi connectivity index (χ1v) is 5.13. The minimum Gasteiger partial charge on any atom is -0.390 e. The van der Waals surface area contributed by atoms with E-state index in [1.165, 1.54) is 0 Å². The van der Waals surface area contributed by atoms with Crippen molar-refractivity contribution in [3.8, 4) is 0 Å². The second-order valence-corrected chi connectivity index (χ2v) is 4.92. The van der Waals surface area contributed by atoms with Gasteiger partial charge in [-0.1, -0.05) is 13.3 Å². The molecule has 0 amide bonds. The molecule has 0 aliphatic heterocycles. The van der Waals surface area contributed by atoms with Crippen molar-refractivity contribution in [1.82, 2.24) is 0 Å². The van der Waals surface area contributed by atoms with E-state index >= 15 is 0 Å². The van der Waals surface area contributed by atoms with Crippen LogP contribution in [0.1, 0.15) is 53.9 Å². The van der Waals surface area contributed by atoms with E-state index in [4.69, 9.17) is 4.74 Å². The molecule has 0 aromatic heterocycles. The van der Waals surface area contributed by atoms with Crippen LogP contribution in [0.5, 0.6) is 0 Å². The second kappa shape index (κ2) is 4.97. The third-order valence-electron chi connectivity index (χ3n) is 2.06. The molecule has 0 unspecified atom stereocenters. The van der Waals surface area contributed by atoms with Gasteiger partial charge in [-0.15, -0.1) is 0 Å². The maximum absolute atomic E-state index is 9.46. The van der Waals surface area contributed by atoms with Crippen LogP contribution >= 0.6 is 0 Å². The summed E-state index contributed by atoms with van der Waals surface area (Å²) >= 11 is 0. The number of rotatable bonds is 6. The summed E-state index contributed by atoms with van der Waals surface area (Å²) in [6, 6.07) is 0. The highest BCUT2D eigenvalue weighted by Gasteiger charge is 2.19. The smallest absolute Gasteiger partial charge is 0.0626 e. The van der Waals surface area contributed by atoms with E-state index < -0.39 is 5.60 Å². The van der Waals surface area contributed by atoms with Crippen LogP contribution in [-0.4, -0.2) is 22.9 Å². The Morgan fingerprint density at radius 3 is 2.00 bits per heavy atom. The molecule has 0 spiro atoms. The number of ether oxygens (including phenoxy) is 1. The van der Waals surface area contributed by atoms with E-state index in [1.807, 2.05) is 13.8 Å². The van der Waals surface area contributed by atoms with Gasteiger partial charge < -0.3 is 9.84 Å². The summed E-state index contributed by atoms with van der Waals surface area (Å²) < 4.78 is 5.69. The first-order chi connectivity index (χ1) is 5.77. The van der Waals surface area contributed by atoms with Gasteiger partial charge in [-0.05, 0) is 40.5 Å². The minimum atomic E-state index is -0.609. The summed E-state index contributed by atoms with van der Waals surface area (Å²) in [6.45, 7) is 10.6. The van der Waals surface area contributed by atoms with Gasteiger partial charge in [0.2, 0.25) is 0 Å². The Bertz CT molecular complexity index is 134. The molecule has 0 aromatic rings. The van der Waals surface area contributed by atoms with Crippen LogP contribution in [0.4, 0.5) is 0 Å². The standard InChI is InChI=1S/C11H24O2/c1-6-7-11(4,5)13-9-8-10(2,3)12/h12H,6-9H2,1-5H3. The van der Waals surface area contributed by atoms with Gasteiger partial charge in [0.1, 0.15) is 0 Å². The van der Waals surface area contributed by atoms with Crippen LogP contribution in [0.15, 0.2) is 0 Å². The van der Waals surface area contributed by atoms with Crippen molar-refractivity contribution >= 4 is 0 Å². The largest absolute Gasteiger partial charge is 0.390 e. The van der Waals surface area contributed by atoms with Gasteiger partial charge in [0.25, 0.3) is 0 Å². The molecule has 0 aliphatic carbocycles. The maximum atomic E-state index is 9.46. The number of aliphatic hydroxyl groups is 1. The van der Waals surface area contributed by atoms with Crippen LogP contribution in [0.3, 0.4) is 0 Å². The van der Waals surface area contributed by atoms with E-state index in [9.17, 15) is 5.11 Å². The Morgan fingerprint density at radius 2 is 1.62 bits per heavy atom. The van der Waals surface area contributed by atoms with Crippen molar-refractivity contribution in [3.05, 3.63) is 0 Å². The zero-order chi connectivity index (χ0) is 10.5. The first-order valence-electron chi connectivity index (χ1n) is 5.13. The van der Waals surface area contributed by atoms with E-state index in [-0.39, 0.29) is 5.60 Å². The molecule has 13 heavy (non-hydrogen) atoms. The fourth-order valence-electron chi connectivity index (χ4n) is 1.25. The van der Waals surface area contributed by atoms with Crippen LogP contribution < -0.4 is 0 Å². The lowest BCUT2D eigenvalue weighted by Gasteiger charge is -2.26. The Kier molecular flexibility index (Phi) is 4.93. The molecule has 0 heterocycles. The van der Waals surface area contributed by atoms with E-state index in [1.54, 1.807) is 0 Å². The van der Waals surface area contributed by atoms with Crippen LogP contribution in [0, 0.1) is 0 Å². The monoisotopic (exact) mass is 188 g/mol. The highest BCUT2D eigenvalue weighted by atomic mass is 16.5. The van der Waals surface area contributed by atoms with Crippen molar-refractivity contribution < 1.29 is 9.84 Å². The predicted molar refractivity (Wildman–Crippen MR) is 55.9 cm³/mol. The summed E-state index contributed by atoms with van der Waals surface area (Å²) in [5, 5.41) is 9.46. The van der Waals surface area contributed by atoms with Crippen LogP contribution in [-0.2, 0) is 4.74 Å². The second-order valence-electron chi connectivity index (χ2n) is 4.92. The summed E-state index contributed by atoms with van der Waals surface area (Å²) in [6.07, 6.45) is 2.90. The molecule has 80 valence electrons. The third kappa shape index (κ3) is 8.26. The van der Waals surface area contributed by atoms with Gasteiger partial charge >= 0.3 is 0 Å². The number of hydrogen-bond donors (Lipinski definition) is 1. The SMILES string of the molecule is CCCC(C)(C)OCCC(C)(C)O. The van der Waals surface area contributed by atoms with Gasteiger partial charge in [0.15, 0.2) is 0 Å². The van der Waals surface area contributed by atoms with E-state index in [0.717, 1.165) is 12.8 Å². The normalized spacial score (nSPS) is 13.4. The van der Waals surface area contributed by atoms with Gasteiger partial charge in [-0.25, -0.2) is 0 Å². The highest BCUT2D eigenvalue weighted by molar-refractivity contribution is 4.69. The molecule has 0 saturated heterocycles. The summed E-state index contributed by atoms with van der Waals surface area (Å²) in [4.78, 5) is 0. The quantitative estimate of drug-likeness (QED) is 0.694. The molecule has 0 aliphatic rings. The molecule has 0 saturated carbocycles. The van der Waals surface area contributed by atoms with Crippen molar-refractivity contribution in [2.24, 2.45) is 0 Å². The van der Waals surface area contributed by atoms with E-state index in [0.29, 0.717) is 13.0 Å². The third-order valence-corrected chi connectivity index (χ3v) is 2.06. The summed E-state index contributed by atoms with van der Waals surface area (Å²) in [5.41, 5.74) is -0.651. The van der Waals surface area contributed by atoms with Crippen molar-refractivity contribution in [3.63, 3.8) is 0 Å². The van der Waals surface area contributed by atoms with Gasteiger partial charge in [-0.2, -0.15) is 0 Å². The lowest BCUT2D eigenvalue weighted by molar-refractivity contribution is -0.0501. The van der Waals surface area contributed by atoms with Crippen molar-refractivity contribution in [2.75, 3.05) is 6.61 Å². The fourth-order valence-corrected chi connectivity index (χ4v) is 1.25. The Hall–Kier alpha value is -0.0800. The molecular weight excluding hydrogens is 164 g/mol. The average Bonchev–Trinajstić information content (AvgIpc) is 1.82. The predicted octanol–water partition coefficient (Wildman–Crippen LogP) is 2.74. The Morgan fingerprint density at radius 1 is 1.08 bits per heavy atom. The zero-order valence-electron chi connectivity index (χ0n) is 9.68. The maximum Gasteiger partial charge on any atom is 0.0626 e. The highest BCUT2D eigenvalue weighted by Crippen LogP contribution is 2.18. The van der Waals surface area contributed by atoms with Crippen LogP contribution in [0.2, 0.25) is 0 Å². The number of hydrogen-bond acceptors (Lipinski definition) is 2. The molecule has 2 heteroatoms. The molecule has 0 rings (SSSR count). The lowest BCUT2D eigenvalue weighted by atomic mass is 10.0. The first kappa shape index (κ1) is 12.9. The average molecular weight is 188 g/mol. The molecule has 0 atom stereocenters. The lowest BCUT2D eigenvalue weighted by Crippen LogP contribution is -2.28. The molecule has 0 bridgehead atoms. The zero-order valence-corrected chi connectivity index (χ0v) is 9.68. The van der Waals surface area contributed by atoms with Crippen molar-refractivity contribution in [2.45, 2.75) is 65.1 Å². The topological polar surface area (TPSA) is 29.5 Å². The molecular formula is C11H24O2. The molecule has 2 nitrogen and oxygen atoms in total. The minimum absolute atomic E-state index is 0.0417. The summed E-state index contributed by atoms with van der Waals surface area (Å²) in [7, 11) is 0. The molecule has 1 N–H and O–H groups in total. The van der Waals surface area contributed by atoms with Gasteiger partial charge in [-0.3, -0.25) is 0 Å². The van der Waals surface area contributed by atoms with Gasteiger partial charge in [0, 0.05) is 0 Å². The Labute approximate surface area is 82.3 Å². The van der Waals surface area contributed by atoms with Crippen LogP contribution in [0.25, 0.3) is 0 Å². The fraction of sp³-hybridized carbons (Fsp3) is 1.00.